The summed E-state index contributed by atoms with van der Waals surface area (Å²) in [4.78, 5) is 12.4. The molecule has 4 nitrogen and oxygen atoms in total. The Balaban J connectivity index is 2.50. The molecule has 2 N–H and O–H groups in total. The maximum atomic E-state index is 12.6. The molecule has 1 aromatic carbocycles. The van der Waals surface area contributed by atoms with Crippen molar-refractivity contribution in [3.63, 3.8) is 0 Å². The Morgan fingerprint density at radius 2 is 2.12 bits per heavy atom. The van der Waals surface area contributed by atoms with Crippen LogP contribution in [0.2, 0.25) is 0 Å². The molecule has 1 rings (SSSR count). The first-order valence-corrected chi connectivity index (χ1v) is 5.30. The quantitative estimate of drug-likeness (QED) is 0.784. The lowest BCUT2D eigenvalue weighted by molar-refractivity contribution is -0.886. The van der Waals surface area contributed by atoms with Crippen molar-refractivity contribution in [1.82, 2.24) is 0 Å². The monoisotopic (exact) mass is 236 g/mol. The summed E-state index contributed by atoms with van der Waals surface area (Å²) in [6, 6.07) is 7.39. The van der Waals surface area contributed by atoms with Crippen LogP contribution in [0.3, 0.4) is 0 Å². The lowest BCUT2D eigenvalue weighted by Gasteiger charge is -2.15. The number of benzene rings is 1. The number of nitriles is 1. The second-order valence-corrected chi connectivity index (χ2v) is 3.93. The second kappa shape index (κ2) is 5.97. The first kappa shape index (κ1) is 13.1. The van der Waals surface area contributed by atoms with E-state index >= 15 is 0 Å². The summed E-state index contributed by atoms with van der Waals surface area (Å²) in [5, 5.41) is 11.3. The van der Waals surface area contributed by atoms with Crippen LogP contribution in [-0.2, 0) is 4.79 Å². The molecule has 0 spiro atoms. The van der Waals surface area contributed by atoms with Crippen LogP contribution in [0.15, 0.2) is 24.3 Å². The SMILES string of the molecule is C[C@H](C#N)[NH+](C)CC(=O)Nc1ccc(F)cc1. The summed E-state index contributed by atoms with van der Waals surface area (Å²) in [5.74, 6) is -0.542. The Labute approximate surface area is 99.7 Å². The van der Waals surface area contributed by atoms with Crippen LogP contribution in [0.1, 0.15) is 6.92 Å². The Bertz CT molecular complexity index is 424. The van der Waals surface area contributed by atoms with Gasteiger partial charge in [0, 0.05) is 12.6 Å². The van der Waals surface area contributed by atoms with Crippen LogP contribution in [0, 0.1) is 17.1 Å². The molecule has 0 aliphatic carbocycles. The van der Waals surface area contributed by atoms with Crippen molar-refractivity contribution < 1.29 is 14.1 Å². The highest BCUT2D eigenvalue weighted by Gasteiger charge is 2.15. The molecule has 0 saturated carbocycles. The number of halogens is 1. The number of nitrogens with one attached hydrogen (secondary N) is 2. The van der Waals surface area contributed by atoms with Gasteiger partial charge >= 0.3 is 0 Å². The van der Waals surface area contributed by atoms with Gasteiger partial charge in [0.25, 0.3) is 5.91 Å². The lowest BCUT2D eigenvalue weighted by atomic mass is 10.3. The van der Waals surface area contributed by atoms with E-state index in [0.717, 1.165) is 4.90 Å². The normalized spacial score (nSPS) is 13.5. The molecule has 0 aromatic heterocycles. The van der Waals surface area contributed by atoms with Crippen LogP contribution in [-0.4, -0.2) is 25.5 Å². The minimum atomic E-state index is -0.344. The number of rotatable bonds is 4. The van der Waals surface area contributed by atoms with Gasteiger partial charge in [-0.15, -0.1) is 0 Å². The summed E-state index contributed by atoms with van der Waals surface area (Å²) in [5.41, 5.74) is 0.550. The molecule has 5 heteroatoms. The van der Waals surface area contributed by atoms with E-state index in [1.54, 1.807) is 14.0 Å². The van der Waals surface area contributed by atoms with E-state index in [-0.39, 0.29) is 24.3 Å². The lowest BCUT2D eigenvalue weighted by Crippen LogP contribution is -3.13. The molecule has 1 unspecified atom stereocenters. The van der Waals surface area contributed by atoms with Crippen molar-refractivity contribution in [2.24, 2.45) is 0 Å². The minimum absolute atomic E-state index is 0.198. The van der Waals surface area contributed by atoms with Crippen LogP contribution in [0.5, 0.6) is 0 Å². The number of nitrogens with zero attached hydrogens (tertiary/aromatic N) is 1. The maximum Gasteiger partial charge on any atom is 0.279 e. The number of carbonyl (C=O) groups excluding carboxylic acids is 1. The molecule has 2 atom stereocenters. The number of hydrogen-bond donors (Lipinski definition) is 2. The van der Waals surface area contributed by atoms with Gasteiger partial charge in [0.15, 0.2) is 12.6 Å². The first-order chi connectivity index (χ1) is 8.02. The Morgan fingerprint density at radius 3 is 2.65 bits per heavy atom. The fourth-order valence-electron chi connectivity index (χ4n) is 1.25. The van der Waals surface area contributed by atoms with Gasteiger partial charge in [0.2, 0.25) is 0 Å². The molecule has 0 aliphatic rings. The zero-order chi connectivity index (χ0) is 12.8. The Morgan fingerprint density at radius 1 is 1.53 bits per heavy atom. The van der Waals surface area contributed by atoms with E-state index in [9.17, 15) is 9.18 Å². The van der Waals surface area contributed by atoms with Gasteiger partial charge in [-0.1, -0.05) is 0 Å². The molecule has 17 heavy (non-hydrogen) atoms. The number of amides is 1. The minimum Gasteiger partial charge on any atom is -0.321 e. The molecule has 0 saturated heterocycles. The van der Waals surface area contributed by atoms with Gasteiger partial charge in [-0.05, 0) is 24.3 Å². The standard InChI is InChI=1S/C12H14FN3O/c1-9(7-14)16(2)8-12(17)15-11-5-3-10(13)4-6-11/h3-6,9H,8H2,1-2H3,(H,15,17)/p+1/t9-/m1/s1. The molecular weight excluding hydrogens is 221 g/mol. The molecule has 1 amide bonds. The fraction of sp³-hybridized carbons (Fsp3) is 0.333. The zero-order valence-corrected chi connectivity index (χ0v) is 9.83. The van der Waals surface area contributed by atoms with E-state index in [0.29, 0.717) is 5.69 Å². The van der Waals surface area contributed by atoms with Gasteiger partial charge in [-0.2, -0.15) is 5.26 Å². The molecule has 0 heterocycles. The van der Waals surface area contributed by atoms with Crippen molar-refractivity contribution >= 4 is 11.6 Å². The highest BCUT2D eigenvalue weighted by Crippen LogP contribution is 2.07. The summed E-state index contributed by atoms with van der Waals surface area (Å²) in [6.07, 6.45) is 0. The number of quaternary nitrogens is 1. The second-order valence-electron chi connectivity index (χ2n) is 3.93. The third kappa shape index (κ3) is 4.21. The van der Waals surface area contributed by atoms with Gasteiger partial charge in [-0.25, -0.2) is 4.39 Å². The molecule has 0 bridgehead atoms. The highest BCUT2D eigenvalue weighted by atomic mass is 19.1. The van der Waals surface area contributed by atoms with Crippen LogP contribution in [0.4, 0.5) is 10.1 Å². The number of carbonyl (C=O) groups is 1. The molecule has 0 aliphatic heterocycles. The van der Waals surface area contributed by atoms with Gasteiger partial charge < -0.3 is 10.2 Å². The summed E-state index contributed by atoms with van der Waals surface area (Å²) >= 11 is 0. The van der Waals surface area contributed by atoms with Crippen LogP contribution in [0.25, 0.3) is 0 Å². The van der Waals surface area contributed by atoms with E-state index in [2.05, 4.69) is 11.4 Å². The summed E-state index contributed by atoms with van der Waals surface area (Å²) in [7, 11) is 1.78. The Kier molecular flexibility index (Phi) is 4.61. The maximum absolute atomic E-state index is 12.6. The van der Waals surface area contributed by atoms with Crippen molar-refractivity contribution in [3.8, 4) is 6.07 Å². The Hall–Kier alpha value is -1.93. The van der Waals surface area contributed by atoms with Crippen molar-refractivity contribution in [1.29, 1.82) is 5.26 Å². The van der Waals surface area contributed by atoms with Gasteiger partial charge in [-0.3, -0.25) is 4.79 Å². The van der Waals surface area contributed by atoms with Crippen LogP contribution >= 0.6 is 0 Å². The largest absolute Gasteiger partial charge is 0.321 e. The number of anilines is 1. The average Bonchev–Trinajstić information content (AvgIpc) is 2.30. The van der Waals surface area contributed by atoms with E-state index in [4.69, 9.17) is 5.26 Å². The van der Waals surface area contributed by atoms with E-state index in [1.807, 2.05) is 0 Å². The average molecular weight is 236 g/mol. The van der Waals surface area contributed by atoms with Gasteiger partial charge in [0.05, 0.1) is 7.05 Å². The third-order valence-electron chi connectivity index (χ3n) is 2.50. The van der Waals surface area contributed by atoms with Crippen LogP contribution < -0.4 is 10.2 Å². The zero-order valence-electron chi connectivity index (χ0n) is 9.83. The fourth-order valence-corrected chi connectivity index (χ4v) is 1.25. The summed E-state index contributed by atoms with van der Waals surface area (Å²) < 4.78 is 12.6. The van der Waals surface area contributed by atoms with E-state index < -0.39 is 0 Å². The number of likely N-dealkylation sites (N-methyl/N-ethyl adjacent to an activating group) is 1. The molecule has 0 fully saturated rings. The summed E-state index contributed by atoms with van der Waals surface area (Å²) in [6.45, 7) is 1.95. The predicted octanol–water partition coefficient (Wildman–Crippen LogP) is 0.191. The predicted molar refractivity (Wildman–Crippen MR) is 61.9 cm³/mol. The third-order valence-corrected chi connectivity index (χ3v) is 2.50. The number of hydrogen-bond acceptors (Lipinski definition) is 2. The topological polar surface area (TPSA) is 57.3 Å². The van der Waals surface area contributed by atoms with Crippen molar-refractivity contribution in [3.05, 3.63) is 30.1 Å². The molecule has 0 radical (unpaired) electrons. The molecule has 1 aromatic rings. The van der Waals surface area contributed by atoms with Crippen molar-refractivity contribution in [2.75, 3.05) is 18.9 Å². The smallest absolute Gasteiger partial charge is 0.279 e. The van der Waals surface area contributed by atoms with Gasteiger partial charge in [0.1, 0.15) is 11.9 Å². The first-order valence-electron chi connectivity index (χ1n) is 5.30. The molecular formula is C12H15FN3O+. The highest BCUT2D eigenvalue weighted by molar-refractivity contribution is 5.91. The van der Waals surface area contributed by atoms with Crippen molar-refractivity contribution in [2.45, 2.75) is 13.0 Å². The van der Waals surface area contributed by atoms with E-state index in [1.165, 1.54) is 24.3 Å². The molecule has 90 valence electrons.